The van der Waals surface area contributed by atoms with Gasteiger partial charge in [0.25, 0.3) is 5.91 Å². The van der Waals surface area contributed by atoms with Crippen LogP contribution in [-0.2, 0) is 13.1 Å². The fourth-order valence-electron chi connectivity index (χ4n) is 3.94. The molecule has 3 aromatic rings. The van der Waals surface area contributed by atoms with Gasteiger partial charge in [0.2, 0.25) is 0 Å². The van der Waals surface area contributed by atoms with Crippen molar-refractivity contribution in [2.45, 2.75) is 20.0 Å². The van der Waals surface area contributed by atoms with Gasteiger partial charge in [-0.25, -0.2) is 4.39 Å². The number of nitrogens with zero attached hydrogens (tertiary/aromatic N) is 5. The summed E-state index contributed by atoms with van der Waals surface area (Å²) in [6.45, 7) is 5.24. The third kappa shape index (κ3) is 4.83. The lowest BCUT2D eigenvalue weighted by atomic mass is 10.1. The van der Waals surface area contributed by atoms with Crippen molar-refractivity contribution < 1.29 is 14.1 Å². The van der Waals surface area contributed by atoms with Gasteiger partial charge in [-0.15, -0.1) is 0 Å². The van der Waals surface area contributed by atoms with Gasteiger partial charge in [0.1, 0.15) is 5.82 Å². The maximum Gasteiger partial charge on any atom is 0.390 e. The molecule has 1 aliphatic heterocycles. The molecule has 0 N–H and O–H groups in total. The molecule has 1 amide bonds. The third-order valence-corrected chi connectivity index (χ3v) is 5.68. The van der Waals surface area contributed by atoms with E-state index in [-0.39, 0.29) is 24.1 Å². The first kappa shape index (κ1) is 21.6. The molecule has 9 heteroatoms. The van der Waals surface area contributed by atoms with Gasteiger partial charge in [0.15, 0.2) is 0 Å². The third-order valence-electron chi connectivity index (χ3n) is 5.68. The van der Waals surface area contributed by atoms with Crippen LogP contribution in [0.2, 0.25) is 0 Å². The number of nitro groups is 1. The van der Waals surface area contributed by atoms with Crippen LogP contribution >= 0.6 is 0 Å². The van der Waals surface area contributed by atoms with E-state index >= 15 is 0 Å². The van der Waals surface area contributed by atoms with Crippen molar-refractivity contribution in [2.24, 2.45) is 0 Å². The molecular weight excluding hydrogens is 413 g/mol. The number of hydrogen-bond donors (Lipinski definition) is 0. The van der Waals surface area contributed by atoms with Crippen LogP contribution in [0.15, 0.2) is 54.6 Å². The van der Waals surface area contributed by atoms with E-state index in [9.17, 15) is 19.3 Å². The largest absolute Gasteiger partial charge is 0.390 e. The molecule has 0 unspecified atom stereocenters. The fraction of sp³-hybridized carbons (Fsp3) is 0.304. The molecule has 8 nitrogen and oxygen atoms in total. The summed E-state index contributed by atoms with van der Waals surface area (Å²) in [5.41, 5.74) is 2.91. The summed E-state index contributed by atoms with van der Waals surface area (Å²) in [5, 5.41) is 15.0. The predicted molar refractivity (Wildman–Crippen MR) is 117 cm³/mol. The molecular formula is C23H24FN5O3. The van der Waals surface area contributed by atoms with Gasteiger partial charge in [0.05, 0.1) is 23.4 Å². The summed E-state index contributed by atoms with van der Waals surface area (Å²) in [5.74, 6) is -0.517. The van der Waals surface area contributed by atoms with Crippen LogP contribution in [0.5, 0.6) is 0 Å². The van der Waals surface area contributed by atoms with E-state index in [1.807, 2.05) is 29.2 Å². The Morgan fingerprint density at radius 3 is 2.50 bits per heavy atom. The molecule has 1 fully saturated rings. The number of halogens is 1. The Kier molecular flexibility index (Phi) is 6.27. The molecule has 4 rings (SSSR count). The molecule has 2 heterocycles. The molecule has 0 atom stereocenters. The van der Waals surface area contributed by atoms with Gasteiger partial charge in [-0.3, -0.25) is 9.69 Å². The number of amides is 1. The van der Waals surface area contributed by atoms with Crippen LogP contribution in [-0.4, -0.2) is 56.6 Å². The number of carbonyl (C=O) groups excluding carboxylic acids is 1. The first-order chi connectivity index (χ1) is 15.4. The Morgan fingerprint density at radius 1 is 1.06 bits per heavy atom. The van der Waals surface area contributed by atoms with Crippen LogP contribution in [0, 0.1) is 22.9 Å². The molecule has 0 spiro atoms. The average Bonchev–Trinajstić information content (AvgIpc) is 3.15. The van der Waals surface area contributed by atoms with E-state index in [0.717, 1.165) is 11.1 Å². The second-order valence-corrected chi connectivity index (χ2v) is 7.91. The number of aryl methyl sites for hydroxylation is 1. The summed E-state index contributed by atoms with van der Waals surface area (Å²) in [6, 6.07) is 15.3. The maximum atomic E-state index is 13.4. The maximum absolute atomic E-state index is 13.4. The first-order valence-corrected chi connectivity index (χ1v) is 10.4. The van der Waals surface area contributed by atoms with Gasteiger partial charge < -0.3 is 15.0 Å². The van der Waals surface area contributed by atoms with Crippen molar-refractivity contribution in [3.8, 4) is 0 Å². The Balaban J connectivity index is 1.43. The standard InChI is InChI=1S/C23H24FN5O3/c1-17-13-22(29(31)32)25-28(17)16-19-6-2-3-8-21(19)23(30)27-11-9-26(10-12-27)15-18-5-4-7-20(24)14-18/h2-8,13-14H,9-12,15-16H2,1H3. The number of aromatic nitrogens is 2. The van der Waals surface area contributed by atoms with E-state index < -0.39 is 4.92 Å². The molecule has 1 aromatic heterocycles. The molecule has 1 aliphatic rings. The molecule has 0 radical (unpaired) electrons. The lowest BCUT2D eigenvalue weighted by Gasteiger charge is -2.35. The fourth-order valence-corrected chi connectivity index (χ4v) is 3.94. The highest BCUT2D eigenvalue weighted by molar-refractivity contribution is 5.95. The molecule has 0 bridgehead atoms. The zero-order chi connectivity index (χ0) is 22.7. The Morgan fingerprint density at radius 2 is 1.81 bits per heavy atom. The van der Waals surface area contributed by atoms with Crippen molar-refractivity contribution in [3.05, 3.63) is 92.9 Å². The minimum atomic E-state index is -0.524. The van der Waals surface area contributed by atoms with E-state index in [1.165, 1.54) is 18.2 Å². The van der Waals surface area contributed by atoms with Gasteiger partial charge in [-0.1, -0.05) is 30.3 Å². The second kappa shape index (κ2) is 9.27. The van der Waals surface area contributed by atoms with Crippen LogP contribution in [0.1, 0.15) is 27.2 Å². The lowest BCUT2D eigenvalue weighted by Crippen LogP contribution is -2.48. The Labute approximate surface area is 185 Å². The lowest BCUT2D eigenvalue weighted by molar-refractivity contribution is -0.389. The number of carbonyl (C=O) groups is 1. The van der Waals surface area contributed by atoms with Gasteiger partial charge in [-0.2, -0.15) is 4.68 Å². The van der Waals surface area contributed by atoms with Crippen LogP contribution in [0.25, 0.3) is 0 Å². The van der Waals surface area contributed by atoms with E-state index in [2.05, 4.69) is 10.00 Å². The minimum absolute atomic E-state index is 0.0645. The summed E-state index contributed by atoms with van der Waals surface area (Å²) >= 11 is 0. The molecule has 1 saturated heterocycles. The van der Waals surface area contributed by atoms with Crippen molar-refractivity contribution in [1.29, 1.82) is 0 Å². The molecule has 0 aliphatic carbocycles. The van der Waals surface area contributed by atoms with E-state index in [4.69, 9.17) is 0 Å². The van der Waals surface area contributed by atoms with Crippen LogP contribution < -0.4 is 0 Å². The Bertz CT molecular complexity index is 1140. The quantitative estimate of drug-likeness (QED) is 0.437. The monoisotopic (exact) mass is 437 g/mol. The smallest absolute Gasteiger partial charge is 0.358 e. The van der Waals surface area contributed by atoms with Gasteiger partial charge in [-0.05, 0) is 41.2 Å². The predicted octanol–water partition coefficient (Wildman–Crippen LogP) is 3.25. The van der Waals surface area contributed by atoms with Gasteiger partial charge in [0, 0.05) is 38.3 Å². The average molecular weight is 437 g/mol. The summed E-state index contributed by atoms with van der Waals surface area (Å²) in [7, 11) is 0. The zero-order valence-corrected chi connectivity index (χ0v) is 17.8. The highest BCUT2D eigenvalue weighted by Gasteiger charge is 2.25. The summed E-state index contributed by atoms with van der Waals surface area (Å²) in [4.78, 5) is 27.7. The van der Waals surface area contributed by atoms with Crippen molar-refractivity contribution in [2.75, 3.05) is 26.2 Å². The molecule has 166 valence electrons. The minimum Gasteiger partial charge on any atom is -0.358 e. The normalized spacial score (nSPS) is 14.5. The molecule has 0 saturated carbocycles. The SMILES string of the molecule is Cc1cc([N+](=O)[O-])nn1Cc1ccccc1C(=O)N1CCN(Cc2cccc(F)c2)CC1. The van der Waals surface area contributed by atoms with E-state index in [1.54, 1.807) is 23.7 Å². The van der Waals surface area contributed by atoms with Crippen molar-refractivity contribution in [3.63, 3.8) is 0 Å². The highest BCUT2D eigenvalue weighted by atomic mass is 19.1. The Hall–Kier alpha value is -3.59. The van der Waals surface area contributed by atoms with Crippen LogP contribution in [0.3, 0.4) is 0 Å². The molecule has 32 heavy (non-hydrogen) atoms. The van der Waals surface area contributed by atoms with E-state index in [0.29, 0.717) is 44.0 Å². The van der Waals surface area contributed by atoms with Crippen LogP contribution in [0.4, 0.5) is 10.2 Å². The number of rotatable bonds is 6. The number of piperazine rings is 1. The first-order valence-electron chi connectivity index (χ1n) is 10.4. The van der Waals surface area contributed by atoms with Crippen molar-refractivity contribution in [1.82, 2.24) is 19.6 Å². The number of hydrogen-bond acceptors (Lipinski definition) is 5. The summed E-state index contributed by atoms with van der Waals surface area (Å²) < 4.78 is 15.0. The van der Waals surface area contributed by atoms with Crippen molar-refractivity contribution >= 4 is 11.7 Å². The summed E-state index contributed by atoms with van der Waals surface area (Å²) in [6.07, 6.45) is 0. The second-order valence-electron chi connectivity index (χ2n) is 7.91. The zero-order valence-electron chi connectivity index (χ0n) is 17.8. The topological polar surface area (TPSA) is 84.5 Å². The molecule has 2 aromatic carbocycles. The van der Waals surface area contributed by atoms with Gasteiger partial charge >= 0.3 is 5.82 Å². The highest BCUT2D eigenvalue weighted by Crippen LogP contribution is 2.18. The number of benzene rings is 2.